The summed E-state index contributed by atoms with van der Waals surface area (Å²) in [5, 5.41) is 9.12. The van der Waals surface area contributed by atoms with E-state index >= 15 is 0 Å². The molecule has 3 aromatic rings. The molecular weight excluding hydrogens is 296 g/mol. The van der Waals surface area contributed by atoms with Gasteiger partial charge >= 0.3 is 0 Å². The summed E-state index contributed by atoms with van der Waals surface area (Å²) in [4.78, 5) is 7.95. The van der Waals surface area contributed by atoms with Crippen molar-refractivity contribution in [3.8, 4) is 11.1 Å². The summed E-state index contributed by atoms with van der Waals surface area (Å²) in [5.41, 5.74) is 7.14. The summed E-state index contributed by atoms with van der Waals surface area (Å²) < 4.78 is 0. The van der Waals surface area contributed by atoms with E-state index in [0.29, 0.717) is 6.42 Å². The van der Waals surface area contributed by atoms with Crippen LogP contribution in [0.5, 0.6) is 0 Å². The van der Waals surface area contributed by atoms with E-state index in [1.54, 1.807) is 0 Å². The zero-order valence-electron chi connectivity index (χ0n) is 13.8. The zero-order chi connectivity index (χ0) is 16.4. The number of aromatic amines is 1. The van der Waals surface area contributed by atoms with Gasteiger partial charge in [0.2, 0.25) is 0 Å². The molecule has 0 bridgehead atoms. The fourth-order valence-corrected chi connectivity index (χ4v) is 3.50. The molecule has 0 radical (unpaired) electrons. The number of para-hydroxylation sites is 1. The molecule has 0 fully saturated rings. The minimum Gasteiger partial charge on any atom is -0.396 e. The van der Waals surface area contributed by atoms with Gasteiger partial charge in [0.25, 0.3) is 0 Å². The monoisotopic (exact) mass is 318 g/mol. The number of hydrogen-bond acceptors (Lipinski definition) is 2. The maximum atomic E-state index is 9.12. The van der Waals surface area contributed by atoms with E-state index in [9.17, 15) is 0 Å². The fraction of sp³-hybridized carbons (Fsp3) is 0.286. The summed E-state index contributed by atoms with van der Waals surface area (Å²) in [6.07, 6.45) is 7.96. The number of imidazole rings is 1. The average molecular weight is 318 g/mol. The Morgan fingerprint density at radius 3 is 2.58 bits per heavy atom. The molecule has 1 aliphatic carbocycles. The van der Waals surface area contributed by atoms with Crippen LogP contribution in [0, 0.1) is 0 Å². The van der Waals surface area contributed by atoms with Gasteiger partial charge in [-0.1, -0.05) is 42.5 Å². The molecule has 0 saturated heterocycles. The summed E-state index contributed by atoms with van der Waals surface area (Å²) in [7, 11) is 0. The zero-order valence-corrected chi connectivity index (χ0v) is 13.8. The van der Waals surface area contributed by atoms with Crippen molar-refractivity contribution in [2.75, 3.05) is 6.61 Å². The van der Waals surface area contributed by atoms with Crippen molar-refractivity contribution in [1.29, 1.82) is 0 Å². The van der Waals surface area contributed by atoms with Crippen molar-refractivity contribution in [2.24, 2.45) is 0 Å². The van der Waals surface area contributed by atoms with E-state index in [4.69, 9.17) is 5.11 Å². The highest BCUT2D eigenvalue weighted by atomic mass is 16.3. The predicted octanol–water partition coefficient (Wildman–Crippen LogP) is 4.72. The molecule has 1 heterocycles. The molecule has 1 aliphatic rings. The van der Waals surface area contributed by atoms with E-state index < -0.39 is 0 Å². The van der Waals surface area contributed by atoms with Gasteiger partial charge in [-0.25, -0.2) is 4.98 Å². The van der Waals surface area contributed by atoms with E-state index in [-0.39, 0.29) is 6.61 Å². The van der Waals surface area contributed by atoms with Crippen molar-refractivity contribution in [3.63, 3.8) is 0 Å². The normalized spacial score (nSPS) is 14.8. The van der Waals surface area contributed by atoms with Gasteiger partial charge < -0.3 is 10.1 Å². The average Bonchev–Trinajstić information content (AvgIpc) is 3.05. The van der Waals surface area contributed by atoms with E-state index in [1.807, 2.05) is 6.07 Å². The molecule has 3 nitrogen and oxygen atoms in total. The molecule has 2 aromatic carbocycles. The molecular formula is C21H22N2O. The summed E-state index contributed by atoms with van der Waals surface area (Å²) >= 11 is 0. The van der Waals surface area contributed by atoms with Gasteiger partial charge in [-0.3, -0.25) is 0 Å². The Morgan fingerprint density at radius 2 is 1.83 bits per heavy atom. The third-order valence-electron chi connectivity index (χ3n) is 4.77. The number of hydrogen-bond donors (Lipinski definition) is 2. The van der Waals surface area contributed by atoms with Crippen LogP contribution in [0.2, 0.25) is 0 Å². The molecule has 122 valence electrons. The smallest absolute Gasteiger partial charge is 0.109 e. The van der Waals surface area contributed by atoms with Gasteiger partial charge in [0.05, 0.1) is 17.6 Å². The van der Waals surface area contributed by atoms with Crippen molar-refractivity contribution in [1.82, 2.24) is 9.97 Å². The number of aromatic nitrogens is 2. The Hall–Kier alpha value is -2.39. The maximum absolute atomic E-state index is 9.12. The highest BCUT2D eigenvalue weighted by Gasteiger charge is 2.10. The lowest BCUT2D eigenvalue weighted by Gasteiger charge is -2.13. The third-order valence-corrected chi connectivity index (χ3v) is 4.77. The van der Waals surface area contributed by atoms with Gasteiger partial charge in [0.1, 0.15) is 5.82 Å². The van der Waals surface area contributed by atoms with Crippen LogP contribution in [0.15, 0.2) is 48.5 Å². The summed E-state index contributed by atoms with van der Waals surface area (Å²) in [6.45, 7) is 0.110. The number of nitrogens with zero attached hydrogens (tertiary/aromatic N) is 1. The third kappa shape index (κ3) is 2.87. The number of fused-ring (bicyclic) bond motifs is 1. The van der Waals surface area contributed by atoms with Gasteiger partial charge in [-0.15, -0.1) is 0 Å². The molecule has 2 N–H and O–H groups in total. The predicted molar refractivity (Wildman–Crippen MR) is 98.8 cm³/mol. The van der Waals surface area contributed by atoms with E-state index in [2.05, 4.69) is 52.4 Å². The highest BCUT2D eigenvalue weighted by molar-refractivity contribution is 5.92. The second kappa shape index (κ2) is 6.62. The molecule has 0 atom stereocenters. The van der Waals surface area contributed by atoms with Gasteiger partial charge in [0.15, 0.2) is 0 Å². The standard InChI is InChI=1S/C21H22N2O/c24-14-13-20-22-19-8-4-7-18(21(19)23-20)17-11-9-16(10-12-17)15-5-2-1-3-6-15/h4-5,7-12,24H,1-3,6,13-14H2,(H,22,23). The fourth-order valence-electron chi connectivity index (χ4n) is 3.50. The number of allylic oxidation sites excluding steroid dienone is 2. The molecule has 0 amide bonds. The van der Waals surface area contributed by atoms with Crippen molar-refractivity contribution in [2.45, 2.75) is 32.1 Å². The Kier molecular flexibility index (Phi) is 4.18. The van der Waals surface area contributed by atoms with Crippen molar-refractivity contribution >= 4 is 16.6 Å². The number of benzene rings is 2. The molecule has 0 saturated carbocycles. The lowest BCUT2D eigenvalue weighted by Crippen LogP contribution is -1.92. The molecule has 24 heavy (non-hydrogen) atoms. The summed E-state index contributed by atoms with van der Waals surface area (Å²) in [5.74, 6) is 0.837. The van der Waals surface area contributed by atoms with Crippen molar-refractivity contribution in [3.05, 3.63) is 59.9 Å². The van der Waals surface area contributed by atoms with Crippen LogP contribution in [-0.4, -0.2) is 21.7 Å². The lowest BCUT2D eigenvalue weighted by atomic mass is 9.92. The second-order valence-electron chi connectivity index (χ2n) is 6.41. The lowest BCUT2D eigenvalue weighted by molar-refractivity contribution is 0.297. The molecule has 0 aliphatic heterocycles. The first kappa shape index (κ1) is 15.2. The minimum absolute atomic E-state index is 0.110. The molecule has 0 unspecified atom stereocenters. The van der Waals surface area contributed by atoms with Crippen LogP contribution >= 0.6 is 0 Å². The van der Waals surface area contributed by atoms with Crippen LogP contribution < -0.4 is 0 Å². The van der Waals surface area contributed by atoms with Crippen LogP contribution in [0.3, 0.4) is 0 Å². The van der Waals surface area contributed by atoms with Gasteiger partial charge in [-0.2, -0.15) is 0 Å². The molecule has 1 aromatic heterocycles. The summed E-state index contributed by atoms with van der Waals surface area (Å²) in [6, 6.07) is 15.0. The quantitative estimate of drug-likeness (QED) is 0.731. The molecule has 3 heteroatoms. The number of aliphatic hydroxyl groups excluding tert-OH is 1. The van der Waals surface area contributed by atoms with Gasteiger partial charge in [-0.05, 0) is 48.4 Å². The van der Waals surface area contributed by atoms with Crippen LogP contribution in [0.25, 0.3) is 27.7 Å². The first-order valence-electron chi connectivity index (χ1n) is 8.73. The Bertz CT molecular complexity index is 874. The molecule has 0 spiro atoms. The maximum Gasteiger partial charge on any atom is 0.109 e. The van der Waals surface area contributed by atoms with Gasteiger partial charge in [0, 0.05) is 12.0 Å². The SMILES string of the molecule is OCCc1nc2c(-c3ccc(C4=CCCCC4)cc3)cccc2[nH]1. The minimum atomic E-state index is 0.110. The Balaban J connectivity index is 1.70. The number of aliphatic hydroxyl groups is 1. The number of nitrogens with one attached hydrogen (secondary N) is 1. The van der Waals surface area contributed by atoms with Crippen LogP contribution in [0.4, 0.5) is 0 Å². The van der Waals surface area contributed by atoms with E-state index in [1.165, 1.54) is 42.4 Å². The number of rotatable bonds is 4. The topological polar surface area (TPSA) is 48.9 Å². The Labute approximate surface area is 142 Å². The van der Waals surface area contributed by atoms with Crippen LogP contribution in [0.1, 0.15) is 37.1 Å². The first-order chi connectivity index (χ1) is 11.8. The van der Waals surface area contributed by atoms with Crippen molar-refractivity contribution < 1.29 is 5.11 Å². The second-order valence-corrected chi connectivity index (χ2v) is 6.41. The Morgan fingerprint density at radius 1 is 1.00 bits per heavy atom. The van der Waals surface area contributed by atoms with Crippen LogP contribution in [-0.2, 0) is 6.42 Å². The van der Waals surface area contributed by atoms with E-state index in [0.717, 1.165) is 22.4 Å². The number of H-pyrrole nitrogens is 1. The highest BCUT2D eigenvalue weighted by Crippen LogP contribution is 2.31. The largest absolute Gasteiger partial charge is 0.396 e. The molecule has 4 rings (SSSR count). The first-order valence-corrected chi connectivity index (χ1v) is 8.73.